The largest absolute Gasteiger partial charge is 0.444 e. The highest BCUT2D eigenvalue weighted by atomic mass is 16.6. The highest BCUT2D eigenvalue weighted by Gasteiger charge is 2.46. The van der Waals surface area contributed by atoms with E-state index in [1.165, 1.54) is 4.90 Å². The number of hydrogen-bond donors (Lipinski definition) is 1. The summed E-state index contributed by atoms with van der Waals surface area (Å²) in [6.45, 7) is 7.80. The van der Waals surface area contributed by atoms with Crippen molar-refractivity contribution in [2.75, 3.05) is 13.6 Å². The molecule has 0 saturated carbocycles. The lowest BCUT2D eigenvalue weighted by Gasteiger charge is -2.34. The SMILES string of the molecule is CNC(=O)[C@@]1(C)CCCN1C(=O)OC(C)(C)C. The first kappa shape index (κ1) is 13.8. The molecule has 0 unspecified atom stereocenters. The second-order valence-corrected chi connectivity index (χ2v) is 5.59. The van der Waals surface area contributed by atoms with Crippen LogP contribution in [0.5, 0.6) is 0 Å². The lowest BCUT2D eigenvalue weighted by Crippen LogP contribution is -2.55. The molecule has 0 spiro atoms. The van der Waals surface area contributed by atoms with Crippen molar-refractivity contribution in [3.63, 3.8) is 0 Å². The van der Waals surface area contributed by atoms with E-state index in [4.69, 9.17) is 4.74 Å². The second kappa shape index (κ2) is 4.55. The fourth-order valence-corrected chi connectivity index (χ4v) is 2.08. The molecule has 5 heteroatoms. The Labute approximate surface area is 102 Å². The molecule has 1 N–H and O–H groups in total. The van der Waals surface area contributed by atoms with Crippen LogP contribution in [0.4, 0.5) is 4.79 Å². The van der Waals surface area contributed by atoms with Crippen molar-refractivity contribution >= 4 is 12.0 Å². The van der Waals surface area contributed by atoms with Crippen LogP contribution in [-0.2, 0) is 9.53 Å². The van der Waals surface area contributed by atoms with Crippen molar-refractivity contribution in [2.45, 2.75) is 51.7 Å². The first-order chi connectivity index (χ1) is 7.70. The van der Waals surface area contributed by atoms with Crippen LogP contribution in [0, 0.1) is 0 Å². The minimum Gasteiger partial charge on any atom is -0.444 e. The summed E-state index contributed by atoms with van der Waals surface area (Å²) in [5.74, 6) is -0.138. The number of ether oxygens (including phenoxy) is 1. The molecule has 1 heterocycles. The summed E-state index contributed by atoms with van der Waals surface area (Å²) >= 11 is 0. The van der Waals surface area contributed by atoms with Crippen molar-refractivity contribution in [1.82, 2.24) is 10.2 Å². The summed E-state index contributed by atoms with van der Waals surface area (Å²) < 4.78 is 5.32. The first-order valence-corrected chi connectivity index (χ1v) is 5.93. The van der Waals surface area contributed by atoms with Gasteiger partial charge in [0, 0.05) is 13.6 Å². The van der Waals surface area contributed by atoms with Gasteiger partial charge in [0.1, 0.15) is 11.1 Å². The van der Waals surface area contributed by atoms with Crippen molar-refractivity contribution < 1.29 is 14.3 Å². The third-order valence-corrected chi connectivity index (χ3v) is 2.97. The zero-order chi connectivity index (χ0) is 13.3. The summed E-state index contributed by atoms with van der Waals surface area (Å²) in [5.41, 5.74) is -1.32. The van der Waals surface area contributed by atoms with Crippen LogP contribution in [0.1, 0.15) is 40.5 Å². The Hall–Kier alpha value is -1.26. The summed E-state index contributed by atoms with van der Waals surface area (Å²) in [6, 6.07) is 0. The summed E-state index contributed by atoms with van der Waals surface area (Å²) in [5, 5.41) is 2.61. The van der Waals surface area contributed by atoms with Crippen LogP contribution in [0.15, 0.2) is 0 Å². The van der Waals surface area contributed by atoms with Crippen molar-refractivity contribution in [2.24, 2.45) is 0 Å². The van der Waals surface area contributed by atoms with E-state index >= 15 is 0 Å². The number of rotatable bonds is 1. The molecule has 2 amide bonds. The molecule has 98 valence electrons. The second-order valence-electron chi connectivity index (χ2n) is 5.59. The number of likely N-dealkylation sites (N-methyl/N-ethyl adjacent to an activating group) is 1. The zero-order valence-corrected chi connectivity index (χ0v) is 11.3. The van der Waals surface area contributed by atoms with Gasteiger partial charge in [-0.05, 0) is 40.5 Å². The molecule has 0 aromatic carbocycles. The maximum Gasteiger partial charge on any atom is 0.411 e. The molecule has 0 aromatic rings. The van der Waals surface area contributed by atoms with E-state index < -0.39 is 17.2 Å². The zero-order valence-electron chi connectivity index (χ0n) is 11.3. The Morgan fingerprint density at radius 1 is 1.35 bits per heavy atom. The smallest absolute Gasteiger partial charge is 0.411 e. The van der Waals surface area contributed by atoms with Gasteiger partial charge in [-0.25, -0.2) is 4.79 Å². The minimum atomic E-state index is -0.781. The van der Waals surface area contributed by atoms with E-state index in [1.807, 2.05) is 20.8 Å². The van der Waals surface area contributed by atoms with Gasteiger partial charge in [0.15, 0.2) is 0 Å². The third kappa shape index (κ3) is 2.90. The average Bonchev–Trinajstić information content (AvgIpc) is 2.58. The Balaban J connectivity index is 2.83. The molecule has 1 aliphatic rings. The maximum atomic E-state index is 12.0. The fourth-order valence-electron chi connectivity index (χ4n) is 2.08. The highest BCUT2D eigenvalue weighted by molar-refractivity contribution is 5.90. The van der Waals surface area contributed by atoms with Crippen molar-refractivity contribution in [3.05, 3.63) is 0 Å². The molecule has 1 fully saturated rings. The van der Waals surface area contributed by atoms with Gasteiger partial charge in [-0.3, -0.25) is 9.69 Å². The quantitative estimate of drug-likeness (QED) is 0.758. The Bertz CT molecular complexity index is 322. The van der Waals surface area contributed by atoms with Gasteiger partial charge in [0.05, 0.1) is 0 Å². The molecule has 0 bridgehead atoms. The number of likely N-dealkylation sites (tertiary alicyclic amines) is 1. The van der Waals surface area contributed by atoms with Gasteiger partial charge in [-0.2, -0.15) is 0 Å². The number of hydrogen-bond acceptors (Lipinski definition) is 3. The van der Waals surface area contributed by atoms with Crippen molar-refractivity contribution in [1.29, 1.82) is 0 Å². The predicted molar refractivity (Wildman–Crippen MR) is 64.6 cm³/mol. The molecule has 0 aromatic heterocycles. The summed E-state index contributed by atoms with van der Waals surface area (Å²) in [4.78, 5) is 25.4. The molecule has 5 nitrogen and oxygen atoms in total. The van der Waals surface area contributed by atoms with Gasteiger partial charge in [0.25, 0.3) is 0 Å². The van der Waals surface area contributed by atoms with E-state index in [9.17, 15) is 9.59 Å². The van der Waals surface area contributed by atoms with Crippen LogP contribution < -0.4 is 5.32 Å². The molecule has 17 heavy (non-hydrogen) atoms. The third-order valence-electron chi connectivity index (χ3n) is 2.97. The summed E-state index contributed by atoms with van der Waals surface area (Å²) in [7, 11) is 1.58. The molecule has 1 saturated heterocycles. The van der Waals surface area contributed by atoms with Crippen molar-refractivity contribution in [3.8, 4) is 0 Å². The van der Waals surface area contributed by atoms with Crippen LogP contribution >= 0.6 is 0 Å². The normalized spacial score (nSPS) is 24.6. The predicted octanol–water partition coefficient (Wildman–Crippen LogP) is 1.52. The van der Waals surface area contributed by atoms with Gasteiger partial charge < -0.3 is 10.1 Å². The van der Waals surface area contributed by atoms with E-state index in [2.05, 4.69) is 5.32 Å². The van der Waals surface area contributed by atoms with E-state index in [1.54, 1.807) is 14.0 Å². The lowest BCUT2D eigenvalue weighted by atomic mass is 9.98. The Kier molecular flexibility index (Phi) is 3.69. The summed E-state index contributed by atoms with van der Waals surface area (Å²) in [6.07, 6.45) is 1.08. The lowest BCUT2D eigenvalue weighted by molar-refractivity contribution is -0.130. The number of carbonyl (C=O) groups excluding carboxylic acids is 2. The molecule has 0 radical (unpaired) electrons. The molecule has 1 aliphatic heterocycles. The fraction of sp³-hybridized carbons (Fsp3) is 0.833. The van der Waals surface area contributed by atoms with Gasteiger partial charge in [-0.15, -0.1) is 0 Å². The molecule has 1 atom stereocenters. The molecular weight excluding hydrogens is 220 g/mol. The van der Waals surface area contributed by atoms with E-state index in [0.717, 1.165) is 6.42 Å². The number of carbonyl (C=O) groups is 2. The van der Waals surface area contributed by atoms with E-state index in [0.29, 0.717) is 13.0 Å². The standard InChI is InChI=1S/C12H22N2O3/c1-11(2,3)17-10(16)14-8-6-7-12(14,4)9(15)13-5/h6-8H2,1-5H3,(H,13,15)/t12-/m1/s1. The Morgan fingerprint density at radius 3 is 2.41 bits per heavy atom. The monoisotopic (exact) mass is 242 g/mol. The van der Waals surface area contributed by atoms with E-state index in [-0.39, 0.29) is 5.91 Å². The van der Waals surface area contributed by atoms with Gasteiger partial charge >= 0.3 is 6.09 Å². The van der Waals surface area contributed by atoms with Crippen LogP contribution in [0.25, 0.3) is 0 Å². The molecule has 0 aliphatic carbocycles. The van der Waals surface area contributed by atoms with Gasteiger partial charge in [0.2, 0.25) is 5.91 Å². The van der Waals surface area contributed by atoms with Crippen LogP contribution in [0.3, 0.4) is 0 Å². The average molecular weight is 242 g/mol. The molecular formula is C12H22N2O3. The van der Waals surface area contributed by atoms with Crippen LogP contribution in [0.2, 0.25) is 0 Å². The minimum absolute atomic E-state index is 0.138. The first-order valence-electron chi connectivity index (χ1n) is 5.93. The van der Waals surface area contributed by atoms with Crippen LogP contribution in [-0.4, -0.2) is 41.6 Å². The Morgan fingerprint density at radius 2 is 1.94 bits per heavy atom. The number of nitrogens with zero attached hydrogens (tertiary/aromatic N) is 1. The maximum absolute atomic E-state index is 12.0. The highest BCUT2D eigenvalue weighted by Crippen LogP contribution is 2.30. The number of nitrogens with one attached hydrogen (secondary N) is 1. The number of amides is 2. The van der Waals surface area contributed by atoms with Gasteiger partial charge in [-0.1, -0.05) is 0 Å². The topological polar surface area (TPSA) is 58.6 Å². The molecule has 1 rings (SSSR count).